The summed E-state index contributed by atoms with van der Waals surface area (Å²) in [5.74, 6) is 0.969. The third-order valence-electron chi connectivity index (χ3n) is 4.19. The van der Waals surface area contributed by atoms with Gasteiger partial charge < -0.3 is 15.1 Å². The molecule has 3 rings (SSSR count). The van der Waals surface area contributed by atoms with Crippen molar-refractivity contribution in [1.82, 2.24) is 0 Å². The van der Waals surface area contributed by atoms with Gasteiger partial charge in [0.2, 0.25) is 0 Å². The Bertz CT molecular complexity index is 550. The molecule has 0 radical (unpaired) electrons. The highest BCUT2D eigenvalue weighted by atomic mass is 16.3. The Labute approximate surface area is 120 Å². The average molecular weight is 270 g/mol. The van der Waals surface area contributed by atoms with Crippen LogP contribution in [0.5, 0.6) is 0 Å². The molecule has 2 N–H and O–H groups in total. The molecule has 1 aromatic carbocycles. The molecule has 1 aliphatic rings. The van der Waals surface area contributed by atoms with Gasteiger partial charge in [-0.1, -0.05) is 25.1 Å². The zero-order chi connectivity index (χ0) is 13.9. The summed E-state index contributed by atoms with van der Waals surface area (Å²) in [6.45, 7) is 3.17. The number of nitrogens with zero attached hydrogens (tertiary/aromatic N) is 1. The summed E-state index contributed by atoms with van der Waals surface area (Å²) in [7, 11) is 0. The molecule has 1 aliphatic heterocycles. The van der Waals surface area contributed by atoms with Crippen LogP contribution < -0.4 is 10.6 Å². The highest BCUT2D eigenvalue weighted by molar-refractivity contribution is 5.57. The molecule has 20 heavy (non-hydrogen) atoms. The molecule has 0 amide bonds. The van der Waals surface area contributed by atoms with Gasteiger partial charge in [-0.3, -0.25) is 0 Å². The van der Waals surface area contributed by atoms with E-state index in [2.05, 4.69) is 36.1 Å². The first-order valence-corrected chi connectivity index (χ1v) is 7.44. The minimum Gasteiger partial charge on any atom is -0.467 e. The lowest BCUT2D eigenvalue weighted by Crippen LogP contribution is -2.43. The molecule has 2 aromatic rings. The van der Waals surface area contributed by atoms with Crippen LogP contribution in [0.25, 0.3) is 0 Å². The number of fused-ring (bicyclic) bond motifs is 1. The van der Waals surface area contributed by atoms with Gasteiger partial charge in [0, 0.05) is 18.3 Å². The van der Waals surface area contributed by atoms with Crippen molar-refractivity contribution in [1.29, 1.82) is 0 Å². The number of para-hydroxylation sites is 1. The van der Waals surface area contributed by atoms with Gasteiger partial charge in [0.15, 0.2) is 0 Å². The van der Waals surface area contributed by atoms with E-state index in [1.165, 1.54) is 17.7 Å². The molecule has 1 aromatic heterocycles. The Morgan fingerprint density at radius 2 is 2.10 bits per heavy atom. The third-order valence-corrected chi connectivity index (χ3v) is 4.19. The second kappa shape index (κ2) is 5.71. The fourth-order valence-corrected chi connectivity index (χ4v) is 3.13. The Morgan fingerprint density at radius 3 is 2.85 bits per heavy atom. The molecule has 2 atom stereocenters. The number of nitrogens with two attached hydrogens (primary N) is 1. The highest BCUT2D eigenvalue weighted by Crippen LogP contribution is 2.36. The lowest BCUT2D eigenvalue weighted by atomic mass is 9.95. The van der Waals surface area contributed by atoms with E-state index < -0.39 is 0 Å². The van der Waals surface area contributed by atoms with Gasteiger partial charge in [-0.05, 0) is 43.0 Å². The molecule has 106 valence electrons. The summed E-state index contributed by atoms with van der Waals surface area (Å²) < 4.78 is 5.67. The second-order valence-electron chi connectivity index (χ2n) is 5.46. The summed E-state index contributed by atoms with van der Waals surface area (Å²) in [6, 6.07) is 12.8. The predicted octanol–water partition coefficient (Wildman–Crippen LogP) is 3.51. The van der Waals surface area contributed by atoms with E-state index in [0.717, 1.165) is 25.1 Å². The molecular formula is C17H22N2O. The Balaban J connectivity index is 2.00. The van der Waals surface area contributed by atoms with Crippen LogP contribution >= 0.6 is 0 Å². The van der Waals surface area contributed by atoms with Crippen LogP contribution in [0.15, 0.2) is 47.1 Å². The summed E-state index contributed by atoms with van der Waals surface area (Å²) in [6.07, 6.45) is 4.99. The van der Waals surface area contributed by atoms with Crippen LogP contribution in [-0.4, -0.2) is 12.6 Å². The van der Waals surface area contributed by atoms with Crippen molar-refractivity contribution >= 4 is 5.69 Å². The molecule has 0 bridgehead atoms. The van der Waals surface area contributed by atoms with E-state index in [4.69, 9.17) is 10.2 Å². The first-order valence-electron chi connectivity index (χ1n) is 7.44. The Morgan fingerprint density at radius 1 is 1.25 bits per heavy atom. The first kappa shape index (κ1) is 13.3. The molecular weight excluding hydrogens is 248 g/mol. The smallest absolute Gasteiger partial charge is 0.127 e. The van der Waals surface area contributed by atoms with Crippen molar-refractivity contribution in [2.45, 2.75) is 38.3 Å². The normalized spacial score (nSPS) is 17.6. The molecule has 0 saturated heterocycles. The van der Waals surface area contributed by atoms with Crippen molar-refractivity contribution in [3.05, 3.63) is 54.0 Å². The maximum Gasteiger partial charge on any atom is 0.127 e. The van der Waals surface area contributed by atoms with Gasteiger partial charge in [-0.2, -0.15) is 0 Å². The summed E-state index contributed by atoms with van der Waals surface area (Å²) in [5.41, 5.74) is 9.12. The number of hydrogen-bond acceptors (Lipinski definition) is 3. The molecule has 0 spiro atoms. The fraction of sp³-hybridized carbons (Fsp3) is 0.412. The number of rotatable bonds is 4. The number of anilines is 1. The fourth-order valence-electron chi connectivity index (χ4n) is 3.13. The van der Waals surface area contributed by atoms with Gasteiger partial charge in [0.1, 0.15) is 11.8 Å². The number of benzene rings is 1. The maximum atomic E-state index is 6.39. The van der Waals surface area contributed by atoms with Gasteiger partial charge in [0.05, 0.1) is 6.26 Å². The first-order chi connectivity index (χ1) is 9.81. The van der Waals surface area contributed by atoms with E-state index in [9.17, 15) is 0 Å². The maximum absolute atomic E-state index is 6.39. The van der Waals surface area contributed by atoms with Gasteiger partial charge >= 0.3 is 0 Å². The van der Waals surface area contributed by atoms with Crippen LogP contribution in [0, 0.1) is 0 Å². The monoisotopic (exact) mass is 270 g/mol. The van der Waals surface area contributed by atoms with Crippen molar-refractivity contribution < 1.29 is 4.42 Å². The average Bonchev–Trinajstić information content (AvgIpc) is 3.01. The lowest BCUT2D eigenvalue weighted by Gasteiger charge is -2.39. The van der Waals surface area contributed by atoms with E-state index in [-0.39, 0.29) is 12.1 Å². The molecule has 3 heteroatoms. The highest BCUT2D eigenvalue weighted by Gasteiger charge is 2.30. The summed E-state index contributed by atoms with van der Waals surface area (Å²) in [5, 5.41) is 0. The van der Waals surface area contributed by atoms with Crippen molar-refractivity contribution in [3.8, 4) is 0 Å². The summed E-state index contributed by atoms with van der Waals surface area (Å²) >= 11 is 0. The van der Waals surface area contributed by atoms with Crippen molar-refractivity contribution in [2.24, 2.45) is 5.73 Å². The van der Waals surface area contributed by atoms with Crippen molar-refractivity contribution in [2.75, 3.05) is 11.4 Å². The lowest BCUT2D eigenvalue weighted by molar-refractivity contribution is 0.390. The second-order valence-corrected chi connectivity index (χ2v) is 5.46. The zero-order valence-electron chi connectivity index (χ0n) is 12.0. The van der Waals surface area contributed by atoms with Crippen LogP contribution in [0.1, 0.15) is 37.1 Å². The summed E-state index contributed by atoms with van der Waals surface area (Å²) in [4.78, 5) is 2.42. The van der Waals surface area contributed by atoms with Crippen LogP contribution in [0.2, 0.25) is 0 Å². The Kier molecular flexibility index (Phi) is 3.79. The van der Waals surface area contributed by atoms with E-state index in [1.807, 2.05) is 12.1 Å². The molecule has 2 heterocycles. The van der Waals surface area contributed by atoms with Crippen LogP contribution in [-0.2, 0) is 6.42 Å². The SMILES string of the molecule is CCC(N)C(c1ccco1)N1CCCc2ccccc21. The molecule has 3 nitrogen and oxygen atoms in total. The minimum absolute atomic E-state index is 0.0762. The van der Waals surface area contributed by atoms with Crippen LogP contribution in [0.3, 0.4) is 0 Å². The molecule has 0 saturated carbocycles. The Hall–Kier alpha value is -1.74. The number of furan rings is 1. The van der Waals surface area contributed by atoms with Gasteiger partial charge in [0.25, 0.3) is 0 Å². The minimum atomic E-state index is 0.0762. The topological polar surface area (TPSA) is 42.4 Å². The van der Waals surface area contributed by atoms with Gasteiger partial charge in [-0.15, -0.1) is 0 Å². The largest absolute Gasteiger partial charge is 0.467 e. The van der Waals surface area contributed by atoms with E-state index in [1.54, 1.807) is 6.26 Å². The predicted molar refractivity (Wildman–Crippen MR) is 81.8 cm³/mol. The van der Waals surface area contributed by atoms with Crippen LogP contribution in [0.4, 0.5) is 5.69 Å². The molecule has 0 aliphatic carbocycles. The van der Waals surface area contributed by atoms with Crippen molar-refractivity contribution in [3.63, 3.8) is 0 Å². The van der Waals surface area contributed by atoms with E-state index >= 15 is 0 Å². The van der Waals surface area contributed by atoms with Gasteiger partial charge in [-0.25, -0.2) is 0 Å². The number of hydrogen-bond donors (Lipinski definition) is 1. The standard InChI is InChI=1S/C17H22N2O/c1-2-14(18)17(16-10-6-12-20-16)19-11-5-8-13-7-3-4-9-15(13)19/h3-4,6-7,9-10,12,14,17H,2,5,8,11,18H2,1H3. The zero-order valence-corrected chi connectivity index (χ0v) is 12.0. The number of aryl methyl sites for hydroxylation is 1. The molecule has 0 fully saturated rings. The third kappa shape index (κ3) is 2.34. The van der Waals surface area contributed by atoms with E-state index in [0.29, 0.717) is 0 Å². The molecule has 2 unspecified atom stereocenters. The quantitative estimate of drug-likeness (QED) is 0.924.